The van der Waals surface area contributed by atoms with Gasteiger partial charge in [-0.15, -0.1) is 11.3 Å². The zero-order valence-corrected chi connectivity index (χ0v) is 20.3. The molecule has 2 heterocycles. The normalized spacial score (nSPS) is 19.2. The molecule has 38 heavy (non-hydrogen) atoms. The van der Waals surface area contributed by atoms with E-state index in [4.69, 9.17) is 0 Å². The number of aromatic carboxylic acids is 1. The molecular formula is C22H18F9N2O4S-. The molecule has 2 aromatic rings. The van der Waals surface area contributed by atoms with Crippen molar-refractivity contribution in [2.24, 2.45) is 0 Å². The van der Waals surface area contributed by atoms with E-state index < -0.39 is 79.9 Å². The summed E-state index contributed by atoms with van der Waals surface area (Å²) in [6.45, 7) is 3.58. The second kappa shape index (κ2) is 9.39. The van der Waals surface area contributed by atoms with Gasteiger partial charge in [0.05, 0.1) is 10.4 Å². The topological polar surface area (TPSA) is 93.6 Å². The summed E-state index contributed by atoms with van der Waals surface area (Å²) in [6.07, 6.45) is -17.1. The highest BCUT2D eigenvalue weighted by molar-refractivity contribution is 7.17. The average Bonchev–Trinajstić information content (AvgIpc) is 3.40. The number of aliphatic hydroxyl groups is 1. The molecule has 1 amide bonds. The maximum Gasteiger partial charge on any atom is 0.430 e. The maximum atomic E-state index is 14.0. The Labute approximate surface area is 212 Å². The lowest BCUT2D eigenvalue weighted by atomic mass is 9.88. The Morgan fingerprint density at radius 3 is 2.16 bits per heavy atom. The van der Waals surface area contributed by atoms with Crippen molar-refractivity contribution < 1.29 is 59.3 Å². The van der Waals surface area contributed by atoms with Crippen molar-refractivity contribution in [3.63, 3.8) is 0 Å². The molecular weight excluding hydrogens is 559 g/mol. The Balaban J connectivity index is 2.31. The van der Waals surface area contributed by atoms with Crippen molar-refractivity contribution in [1.29, 1.82) is 0 Å². The smallest absolute Gasteiger partial charge is 0.430 e. The Morgan fingerprint density at radius 1 is 1.11 bits per heavy atom. The molecule has 1 N–H and O–H groups in total. The summed E-state index contributed by atoms with van der Waals surface area (Å²) in [6, 6.07) is -0.355. The number of carbonyl (C=O) groups excluding carboxylic acids is 2. The van der Waals surface area contributed by atoms with Gasteiger partial charge in [0.25, 0.3) is 11.5 Å². The van der Waals surface area contributed by atoms with E-state index in [1.54, 1.807) is 13.8 Å². The number of carbonyl (C=O) groups is 2. The van der Waals surface area contributed by atoms with Crippen molar-refractivity contribution in [3.05, 3.63) is 40.0 Å². The van der Waals surface area contributed by atoms with E-state index in [1.807, 2.05) is 0 Å². The minimum atomic E-state index is -6.45. The molecule has 0 aliphatic carbocycles. The number of likely N-dealkylation sites (tertiary alicyclic amines) is 1. The van der Waals surface area contributed by atoms with Gasteiger partial charge in [-0.25, -0.2) is 4.98 Å². The Hall–Kier alpha value is -2.88. The van der Waals surface area contributed by atoms with Crippen LogP contribution in [0.25, 0.3) is 10.4 Å². The fraction of sp³-hybridized carbons (Fsp3) is 0.500. The Morgan fingerprint density at radius 2 is 1.68 bits per heavy atom. The van der Waals surface area contributed by atoms with Crippen LogP contribution in [-0.2, 0) is 11.8 Å². The number of benzene rings is 1. The molecule has 1 fully saturated rings. The van der Waals surface area contributed by atoms with Crippen LogP contribution >= 0.6 is 11.3 Å². The summed E-state index contributed by atoms with van der Waals surface area (Å²) < 4.78 is 122. The fourth-order valence-corrected chi connectivity index (χ4v) is 5.22. The number of hydrogen-bond acceptors (Lipinski definition) is 6. The van der Waals surface area contributed by atoms with E-state index in [0.29, 0.717) is 19.3 Å². The Bertz CT molecular complexity index is 1240. The van der Waals surface area contributed by atoms with Crippen LogP contribution in [0.3, 0.4) is 0 Å². The average molecular weight is 577 g/mol. The van der Waals surface area contributed by atoms with Gasteiger partial charge in [0, 0.05) is 23.2 Å². The third-order valence-electron chi connectivity index (χ3n) is 6.57. The molecule has 0 unspecified atom stereocenters. The van der Waals surface area contributed by atoms with Crippen LogP contribution in [-0.4, -0.2) is 51.3 Å². The van der Waals surface area contributed by atoms with Gasteiger partial charge in [-0.2, -0.15) is 39.5 Å². The number of thiazole rings is 1. The van der Waals surface area contributed by atoms with Gasteiger partial charge in [-0.05, 0) is 32.3 Å². The van der Waals surface area contributed by atoms with Crippen LogP contribution < -0.4 is 5.11 Å². The van der Waals surface area contributed by atoms with Crippen molar-refractivity contribution in [2.75, 3.05) is 6.54 Å². The molecule has 1 atom stereocenters. The van der Waals surface area contributed by atoms with Crippen LogP contribution in [0, 0.1) is 0 Å². The summed E-state index contributed by atoms with van der Waals surface area (Å²) >= 11 is 0.0427. The second-order valence-electron chi connectivity index (χ2n) is 8.86. The molecule has 0 spiro atoms. The van der Waals surface area contributed by atoms with Gasteiger partial charge >= 0.3 is 18.5 Å². The summed E-state index contributed by atoms with van der Waals surface area (Å²) in [5.74, 6) is -2.94. The minimum absolute atomic E-state index is 0.0236. The van der Waals surface area contributed by atoms with Gasteiger partial charge < -0.3 is 19.9 Å². The molecule has 1 aromatic carbocycles. The molecule has 0 radical (unpaired) electrons. The van der Waals surface area contributed by atoms with Gasteiger partial charge in [0.2, 0.25) is 0 Å². The lowest BCUT2D eigenvalue weighted by Crippen LogP contribution is -2.54. The van der Waals surface area contributed by atoms with Gasteiger partial charge in [-0.1, -0.05) is 19.1 Å². The van der Waals surface area contributed by atoms with Crippen molar-refractivity contribution >= 4 is 23.2 Å². The first-order valence-electron chi connectivity index (χ1n) is 10.8. The summed E-state index contributed by atoms with van der Waals surface area (Å²) in [5.41, 5.74) is -12.5. The fourth-order valence-electron chi connectivity index (χ4n) is 4.29. The van der Waals surface area contributed by atoms with Crippen LogP contribution in [0.15, 0.2) is 18.2 Å². The van der Waals surface area contributed by atoms with Crippen molar-refractivity contribution in [2.45, 2.75) is 62.8 Å². The molecule has 1 aliphatic heterocycles. The van der Waals surface area contributed by atoms with Gasteiger partial charge in [0.1, 0.15) is 16.7 Å². The number of alkyl halides is 9. The van der Waals surface area contributed by atoms with Crippen molar-refractivity contribution in [1.82, 2.24) is 9.88 Å². The monoisotopic (exact) mass is 577 g/mol. The molecule has 3 rings (SSSR count). The highest BCUT2D eigenvalue weighted by Gasteiger charge is 2.71. The van der Waals surface area contributed by atoms with Crippen LogP contribution in [0.2, 0.25) is 0 Å². The first-order valence-corrected chi connectivity index (χ1v) is 11.6. The van der Waals surface area contributed by atoms with E-state index in [1.165, 1.54) is 4.90 Å². The SMILES string of the molecule is CC[C@@]1(C)CCCN1C(=O)c1nc(C(=O)[O-])sc1-c1ccc(C(O)(C(F)(F)F)C(F)(F)F)cc1C(F)(F)F. The number of rotatable bonds is 5. The number of halogens is 9. The number of amides is 1. The standard InChI is InChI=1S/C22H19F9N2O4S/c1-3-18(2)7-4-8-33(18)16(34)13-14(38-15(32-13)17(35)36)11-6-5-10(9-12(11)20(23,24)25)19(37,21(26,27)28)22(29,30)31/h5-6,9,37H,3-4,7-8H2,1-2H3,(H,35,36)/p-1/t18-/m0/s1. The molecule has 210 valence electrons. The molecule has 1 saturated heterocycles. The van der Waals surface area contributed by atoms with E-state index in [9.17, 15) is 59.3 Å². The molecule has 16 heteroatoms. The molecule has 6 nitrogen and oxygen atoms in total. The van der Waals surface area contributed by atoms with E-state index >= 15 is 0 Å². The predicted octanol–water partition coefficient (Wildman–Crippen LogP) is 4.91. The lowest BCUT2D eigenvalue weighted by Gasteiger charge is -2.34. The number of aromatic nitrogens is 1. The van der Waals surface area contributed by atoms with Crippen LogP contribution in [0.4, 0.5) is 39.5 Å². The van der Waals surface area contributed by atoms with E-state index in [2.05, 4.69) is 4.98 Å². The van der Waals surface area contributed by atoms with E-state index in [0.717, 1.165) is 0 Å². The highest BCUT2D eigenvalue weighted by Crippen LogP contribution is 2.52. The maximum absolute atomic E-state index is 14.0. The largest absolute Gasteiger partial charge is 0.542 e. The van der Waals surface area contributed by atoms with Gasteiger partial charge in [-0.3, -0.25) is 4.79 Å². The first-order chi connectivity index (χ1) is 17.2. The predicted molar refractivity (Wildman–Crippen MR) is 112 cm³/mol. The zero-order chi connectivity index (χ0) is 29.1. The summed E-state index contributed by atoms with van der Waals surface area (Å²) in [5, 5.41) is 20.1. The molecule has 0 bridgehead atoms. The third-order valence-corrected chi connectivity index (χ3v) is 7.64. The first kappa shape index (κ1) is 29.7. The lowest BCUT2D eigenvalue weighted by molar-refractivity contribution is -0.376. The summed E-state index contributed by atoms with van der Waals surface area (Å²) in [7, 11) is 0. The van der Waals surface area contributed by atoms with E-state index in [-0.39, 0.29) is 30.0 Å². The molecule has 1 aromatic heterocycles. The third kappa shape index (κ3) is 4.83. The number of carboxylic acid groups (broad SMARTS) is 1. The number of hydrogen-bond donors (Lipinski definition) is 1. The number of nitrogens with zero attached hydrogens (tertiary/aromatic N) is 2. The van der Waals surface area contributed by atoms with Gasteiger partial charge in [0.15, 0.2) is 0 Å². The number of carboxylic acids is 1. The Kier molecular flexibility index (Phi) is 7.34. The minimum Gasteiger partial charge on any atom is -0.542 e. The van der Waals surface area contributed by atoms with Crippen LogP contribution in [0.5, 0.6) is 0 Å². The second-order valence-corrected chi connectivity index (χ2v) is 9.86. The van der Waals surface area contributed by atoms with Crippen molar-refractivity contribution in [3.8, 4) is 10.4 Å². The summed E-state index contributed by atoms with van der Waals surface area (Å²) in [4.78, 5) is 28.9. The zero-order valence-electron chi connectivity index (χ0n) is 19.4. The highest BCUT2D eigenvalue weighted by atomic mass is 32.1. The quantitative estimate of drug-likeness (QED) is 0.510. The van der Waals surface area contributed by atoms with Crippen LogP contribution in [0.1, 0.15) is 64.5 Å². The molecule has 0 saturated carbocycles. The molecule has 1 aliphatic rings.